The zero-order valence-corrected chi connectivity index (χ0v) is 15.2. The Morgan fingerprint density at radius 3 is 2.26 bits per heavy atom. The molecule has 0 spiro atoms. The van der Waals surface area contributed by atoms with Crippen LogP contribution in [0.1, 0.15) is 13.3 Å². The lowest BCUT2D eigenvalue weighted by Crippen LogP contribution is -2.66. The maximum absolute atomic E-state index is 11.4. The number of carbonyl (C=O) groups is 1. The van der Waals surface area contributed by atoms with Gasteiger partial charge >= 0.3 is 0 Å². The molecule has 0 aromatic heterocycles. The van der Waals surface area contributed by atoms with Gasteiger partial charge < -0.3 is 50.2 Å². The third-order valence-corrected chi connectivity index (χ3v) is 5.12. The molecule has 2 fully saturated rings. The van der Waals surface area contributed by atoms with E-state index in [4.69, 9.17) is 14.2 Å². The van der Waals surface area contributed by atoms with Gasteiger partial charge in [0, 0.05) is 26.6 Å². The average molecular weight is 395 g/mol. The minimum absolute atomic E-state index is 0.00969. The van der Waals surface area contributed by atoms with Crippen molar-refractivity contribution >= 4 is 5.91 Å². The van der Waals surface area contributed by atoms with Gasteiger partial charge in [-0.05, 0) is 6.42 Å². The first-order chi connectivity index (χ1) is 12.7. The van der Waals surface area contributed by atoms with E-state index in [0.717, 1.165) is 0 Å². The van der Waals surface area contributed by atoms with Crippen molar-refractivity contribution in [2.75, 3.05) is 20.3 Å². The molecule has 0 bridgehead atoms. The van der Waals surface area contributed by atoms with Crippen LogP contribution in [0.25, 0.3) is 0 Å². The van der Waals surface area contributed by atoms with Crippen LogP contribution in [-0.2, 0) is 19.0 Å². The third-order valence-electron chi connectivity index (χ3n) is 5.12. The fourth-order valence-corrected chi connectivity index (χ4v) is 3.62. The van der Waals surface area contributed by atoms with Gasteiger partial charge in [0.15, 0.2) is 6.29 Å². The fourth-order valence-electron chi connectivity index (χ4n) is 3.62. The number of methoxy groups -OCH3 is 1. The van der Waals surface area contributed by atoms with Crippen molar-refractivity contribution in [2.24, 2.45) is 5.92 Å². The minimum Gasteiger partial charge on any atom is -0.396 e. The van der Waals surface area contributed by atoms with Crippen molar-refractivity contribution in [3.63, 3.8) is 0 Å². The van der Waals surface area contributed by atoms with E-state index in [1.54, 1.807) is 0 Å². The Bertz CT molecular complexity index is 492. The summed E-state index contributed by atoms with van der Waals surface area (Å²) >= 11 is 0. The second-order valence-electron chi connectivity index (χ2n) is 6.97. The van der Waals surface area contributed by atoms with Gasteiger partial charge in [0.2, 0.25) is 5.91 Å². The lowest BCUT2D eigenvalue weighted by Gasteiger charge is -2.47. The molecule has 0 radical (unpaired) electrons. The SMILES string of the molecule is CO[C@@H]1O[C@H](CO)[C@@H](O[C@@H]2C[C@H](CO)[C@@H](O)[C@H](O)[C@@H]2O)[C@H](O)[C@H]1NC(C)=O. The van der Waals surface area contributed by atoms with Crippen LogP contribution in [0.3, 0.4) is 0 Å². The second kappa shape index (κ2) is 9.54. The highest BCUT2D eigenvalue weighted by Crippen LogP contribution is 2.32. The third kappa shape index (κ3) is 4.75. The van der Waals surface area contributed by atoms with Crippen LogP contribution in [0.2, 0.25) is 0 Å². The summed E-state index contributed by atoms with van der Waals surface area (Å²) in [5.74, 6) is -1.18. The topological polar surface area (TPSA) is 178 Å². The Labute approximate surface area is 156 Å². The van der Waals surface area contributed by atoms with Gasteiger partial charge in [0.05, 0.1) is 18.8 Å². The van der Waals surface area contributed by atoms with E-state index in [2.05, 4.69) is 5.32 Å². The van der Waals surface area contributed by atoms with E-state index < -0.39 is 80.1 Å². The average Bonchev–Trinajstić information content (AvgIpc) is 2.64. The Kier molecular flexibility index (Phi) is 7.92. The fraction of sp³-hybridized carbons (Fsp3) is 0.938. The number of aliphatic hydroxyl groups excluding tert-OH is 6. The minimum atomic E-state index is -1.55. The molecule has 1 saturated heterocycles. The van der Waals surface area contributed by atoms with E-state index >= 15 is 0 Å². The normalized spacial score (nSPS) is 45.5. The van der Waals surface area contributed by atoms with Crippen LogP contribution in [0.5, 0.6) is 0 Å². The standard InChI is InChI=1S/C16H29NO10/c1-6(20)17-10-13(23)15(9(5-19)27-16(10)25-2)26-8-3-7(4-18)11(21)14(24)12(8)22/h7-16,18-19,21-24H,3-5H2,1-2H3,(H,17,20)/t7-,8-,9-,10-,11-,12-,13-,14+,15-,16-/m1/s1. The van der Waals surface area contributed by atoms with Gasteiger partial charge in [-0.3, -0.25) is 4.79 Å². The van der Waals surface area contributed by atoms with Gasteiger partial charge in [-0.1, -0.05) is 0 Å². The highest BCUT2D eigenvalue weighted by molar-refractivity contribution is 5.73. The maximum Gasteiger partial charge on any atom is 0.217 e. The molecule has 11 nitrogen and oxygen atoms in total. The molecule has 1 saturated carbocycles. The van der Waals surface area contributed by atoms with E-state index in [-0.39, 0.29) is 6.42 Å². The monoisotopic (exact) mass is 395 g/mol. The number of nitrogens with one attached hydrogen (secondary N) is 1. The number of rotatable bonds is 6. The smallest absolute Gasteiger partial charge is 0.217 e. The second-order valence-corrected chi connectivity index (χ2v) is 6.97. The summed E-state index contributed by atoms with van der Waals surface area (Å²) in [5.41, 5.74) is 0. The van der Waals surface area contributed by atoms with Gasteiger partial charge in [-0.15, -0.1) is 0 Å². The van der Waals surface area contributed by atoms with E-state index in [1.807, 2.05) is 0 Å². The maximum atomic E-state index is 11.4. The molecule has 0 aromatic rings. The first-order valence-corrected chi connectivity index (χ1v) is 8.79. The predicted molar refractivity (Wildman–Crippen MR) is 88.2 cm³/mol. The summed E-state index contributed by atoms with van der Waals surface area (Å²) in [6, 6.07) is -0.995. The molecular formula is C16H29NO10. The molecule has 10 atom stereocenters. The van der Waals surface area contributed by atoms with Gasteiger partial charge in [-0.25, -0.2) is 0 Å². The largest absolute Gasteiger partial charge is 0.396 e. The van der Waals surface area contributed by atoms with Crippen molar-refractivity contribution in [1.29, 1.82) is 0 Å². The van der Waals surface area contributed by atoms with Gasteiger partial charge in [0.25, 0.3) is 0 Å². The molecule has 7 N–H and O–H groups in total. The van der Waals surface area contributed by atoms with Crippen LogP contribution >= 0.6 is 0 Å². The summed E-state index contributed by atoms with van der Waals surface area (Å²) in [5, 5.41) is 62.2. The van der Waals surface area contributed by atoms with Crippen LogP contribution in [0.4, 0.5) is 0 Å². The molecule has 2 aliphatic rings. The van der Waals surface area contributed by atoms with Crippen LogP contribution in [-0.4, -0.2) is 112 Å². The molecule has 0 unspecified atom stereocenters. The molecular weight excluding hydrogens is 366 g/mol. The Morgan fingerprint density at radius 2 is 1.74 bits per heavy atom. The van der Waals surface area contributed by atoms with Crippen LogP contribution in [0.15, 0.2) is 0 Å². The lowest BCUT2D eigenvalue weighted by atomic mass is 9.81. The highest BCUT2D eigenvalue weighted by atomic mass is 16.7. The first-order valence-electron chi connectivity index (χ1n) is 8.79. The molecule has 1 aliphatic carbocycles. The molecule has 1 heterocycles. The van der Waals surface area contributed by atoms with E-state index in [0.29, 0.717) is 0 Å². The molecule has 1 amide bonds. The van der Waals surface area contributed by atoms with Crippen molar-refractivity contribution in [2.45, 2.75) is 68.4 Å². The summed E-state index contributed by atoms with van der Waals surface area (Å²) in [6.07, 6.45) is -9.97. The molecule has 1 aliphatic heterocycles. The van der Waals surface area contributed by atoms with Crippen LogP contribution in [0, 0.1) is 5.92 Å². The summed E-state index contributed by atoms with van der Waals surface area (Å²) in [7, 11) is 1.32. The van der Waals surface area contributed by atoms with E-state index in [9.17, 15) is 35.4 Å². The summed E-state index contributed by atoms with van der Waals surface area (Å²) in [4.78, 5) is 11.4. The first kappa shape index (κ1) is 22.4. The van der Waals surface area contributed by atoms with Crippen molar-refractivity contribution in [3.8, 4) is 0 Å². The predicted octanol–water partition coefficient (Wildman–Crippen LogP) is -3.94. The lowest BCUT2D eigenvalue weighted by molar-refractivity contribution is -0.291. The number of amides is 1. The molecule has 158 valence electrons. The Morgan fingerprint density at radius 1 is 1.07 bits per heavy atom. The van der Waals surface area contributed by atoms with Gasteiger partial charge in [-0.2, -0.15) is 0 Å². The number of carbonyl (C=O) groups excluding carboxylic acids is 1. The van der Waals surface area contributed by atoms with Crippen LogP contribution < -0.4 is 5.32 Å². The zero-order chi connectivity index (χ0) is 20.3. The molecule has 0 aromatic carbocycles. The molecule has 27 heavy (non-hydrogen) atoms. The van der Waals surface area contributed by atoms with Crippen molar-refractivity contribution in [3.05, 3.63) is 0 Å². The summed E-state index contributed by atoms with van der Waals surface area (Å²) in [6.45, 7) is 0.284. The zero-order valence-electron chi connectivity index (χ0n) is 15.2. The Balaban J connectivity index is 2.19. The Hall–Kier alpha value is -0.890. The quantitative estimate of drug-likeness (QED) is 0.235. The molecule has 11 heteroatoms. The number of ether oxygens (including phenoxy) is 3. The van der Waals surface area contributed by atoms with E-state index in [1.165, 1.54) is 14.0 Å². The number of hydrogen-bond donors (Lipinski definition) is 7. The van der Waals surface area contributed by atoms with Crippen molar-refractivity contribution < 1.29 is 49.6 Å². The number of aliphatic hydroxyl groups is 6. The van der Waals surface area contributed by atoms with Gasteiger partial charge in [0.1, 0.15) is 36.6 Å². The summed E-state index contributed by atoms with van der Waals surface area (Å²) < 4.78 is 16.4. The molecule has 2 rings (SSSR count). The van der Waals surface area contributed by atoms with Crippen molar-refractivity contribution in [1.82, 2.24) is 5.32 Å². The highest BCUT2D eigenvalue weighted by Gasteiger charge is 2.50. The number of hydrogen-bond acceptors (Lipinski definition) is 10.